The predicted octanol–water partition coefficient (Wildman–Crippen LogP) is 0.599. The van der Waals surface area contributed by atoms with E-state index in [9.17, 15) is 9.18 Å². The lowest BCUT2D eigenvalue weighted by molar-refractivity contribution is -0.0757. The average Bonchev–Trinajstić information content (AvgIpc) is 1.93. The summed E-state index contributed by atoms with van der Waals surface area (Å²) < 4.78 is 21.3. The first-order valence-corrected chi connectivity index (χ1v) is 3.86. The van der Waals surface area contributed by atoms with Crippen LogP contribution in [0.15, 0.2) is 0 Å². The Morgan fingerprint density at radius 1 is 1.50 bits per heavy atom. The quantitative estimate of drug-likeness (QED) is 0.683. The normalized spacial score (nSPS) is 27.8. The van der Waals surface area contributed by atoms with E-state index < -0.39 is 12.8 Å². The van der Waals surface area contributed by atoms with Gasteiger partial charge in [-0.2, -0.15) is 0 Å². The summed E-state index contributed by atoms with van der Waals surface area (Å²) in [5, 5.41) is 0. The molecule has 4 nitrogen and oxygen atoms in total. The van der Waals surface area contributed by atoms with E-state index in [4.69, 9.17) is 10.5 Å². The molecule has 70 valence electrons. The van der Waals surface area contributed by atoms with E-state index >= 15 is 0 Å². The second-order valence-electron chi connectivity index (χ2n) is 2.71. The summed E-state index contributed by atoms with van der Waals surface area (Å²) in [4.78, 5) is 10.2. The Kier molecular flexibility index (Phi) is 3.28. The maximum Gasteiger partial charge on any atom is 0.404 e. The van der Waals surface area contributed by atoms with Gasteiger partial charge in [-0.15, -0.1) is 0 Å². The number of hydrogen-bond donors (Lipinski definition) is 1. The summed E-state index contributed by atoms with van der Waals surface area (Å²) >= 11 is 0. The van der Waals surface area contributed by atoms with Crippen LogP contribution in [0.1, 0.15) is 12.8 Å². The first-order chi connectivity index (χ1) is 5.72. The molecule has 0 aromatic rings. The fourth-order valence-electron chi connectivity index (χ4n) is 1.13. The molecule has 12 heavy (non-hydrogen) atoms. The van der Waals surface area contributed by atoms with Gasteiger partial charge in [0.25, 0.3) is 0 Å². The maximum absolute atomic E-state index is 11.6. The largest absolute Gasteiger partial charge is 0.446 e. The van der Waals surface area contributed by atoms with Gasteiger partial charge in [-0.3, -0.25) is 0 Å². The maximum atomic E-state index is 11.6. The average molecular weight is 177 g/mol. The van der Waals surface area contributed by atoms with Crippen LogP contribution in [0, 0.1) is 0 Å². The van der Waals surface area contributed by atoms with E-state index in [1.54, 1.807) is 0 Å². The van der Waals surface area contributed by atoms with Crippen molar-refractivity contribution in [2.75, 3.05) is 13.3 Å². The summed E-state index contributed by atoms with van der Waals surface area (Å²) in [6, 6.07) is 0. The molecule has 1 aliphatic carbocycles. The van der Waals surface area contributed by atoms with E-state index in [2.05, 4.69) is 4.74 Å². The van der Waals surface area contributed by atoms with E-state index in [1.807, 2.05) is 0 Å². The Bertz CT molecular complexity index is 159. The number of hydrogen-bond acceptors (Lipinski definition) is 3. The molecule has 0 aromatic carbocycles. The van der Waals surface area contributed by atoms with Crippen LogP contribution in [0.5, 0.6) is 0 Å². The van der Waals surface area contributed by atoms with Gasteiger partial charge in [-0.05, 0) is 0 Å². The Labute approximate surface area is 69.8 Å². The Balaban J connectivity index is 2.00. The number of carbonyl (C=O) groups excluding carboxylic acids is 1. The van der Waals surface area contributed by atoms with Crippen molar-refractivity contribution in [1.82, 2.24) is 0 Å². The summed E-state index contributed by atoms with van der Waals surface area (Å²) in [5.41, 5.74) is 4.79. The Hall–Kier alpha value is -0.840. The molecular formula is C7H12FNO3. The second kappa shape index (κ2) is 4.25. The second-order valence-corrected chi connectivity index (χ2v) is 2.71. The highest BCUT2D eigenvalue weighted by Gasteiger charge is 2.32. The van der Waals surface area contributed by atoms with Crippen molar-refractivity contribution in [3.05, 3.63) is 0 Å². The minimum absolute atomic E-state index is 0.0325. The summed E-state index contributed by atoms with van der Waals surface area (Å²) in [6.45, 7) is -0.355. The molecule has 1 aliphatic rings. The molecule has 0 aromatic heterocycles. The van der Waals surface area contributed by atoms with Gasteiger partial charge in [0, 0.05) is 12.8 Å². The lowest BCUT2D eigenvalue weighted by atomic mass is 9.92. The molecule has 0 aliphatic heterocycles. The lowest BCUT2D eigenvalue weighted by Crippen LogP contribution is -2.40. The SMILES string of the molecule is NC(=O)OC1CC(OCCF)C1. The van der Waals surface area contributed by atoms with Crippen LogP contribution in [-0.2, 0) is 9.47 Å². The Morgan fingerprint density at radius 3 is 2.67 bits per heavy atom. The third-order valence-corrected chi connectivity index (χ3v) is 1.77. The number of alkyl halides is 1. The van der Waals surface area contributed by atoms with Crippen LogP contribution in [-0.4, -0.2) is 31.6 Å². The van der Waals surface area contributed by atoms with Crippen LogP contribution >= 0.6 is 0 Å². The van der Waals surface area contributed by atoms with Gasteiger partial charge in [0.05, 0.1) is 12.7 Å². The highest BCUT2D eigenvalue weighted by molar-refractivity contribution is 5.64. The lowest BCUT2D eigenvalue weighted by Gasteiger charge is -2.33. The van der Waals surface area contributed by atoms with Crippen molar-refractivity contribution >= 4 is 6.09 Å². The molecule has 1 fully saturated rings. The zero-order valence-electron chi connectivity index (χ0n) is 6.66. The molecule has 0 spiro atoms. The van der Waals surface area contributed by atoms with Gasteiger partial charge in [0.15, 0.2) is 0 Å². The van der Waals surface area contributed by atoms with Crippen molar-refractivity contribution in [1.29, 1.82) is 0 Å². The van der Waals surface area contributed by atoms with Gasteiger partial charge in [-0.25, -0.2) is 9.18 Å². The van der Waals surface area contributed by atoms with E-state index in [0.29, 0.717) is 12.8 Å². The highest BCUT2D eigenvalue weighted by atomic mass is 19.1. The molecule has 0 bridgehead atoms. The molecule has 1 amide bonds. The first kappa shape index (κ1) is 9.25. The van der Waals surface area contributed by atoms with Gasteiger partial charge in [0.2, 0.25) is 0 Å². The van der Waals surface area contributed by atoms with E-state index in [0.717, 1.165) is 0 Å². The molecule has 0 radical (unpaired) electrons. The van der Waals surface area contributed by atoms with Crippen molar-refractivity contribution in [2.45, 2.75) is 25.0 Å². The highest BCUT2D eigenvalue weighted by Crippen LogP contribution is 2.25. The molecular weight excluding hydrogens is 165 g/mol. The van der Waals surface area contributed by atoms with Gasteiger partial charge >= 0.3 is 6.09 Å². The molecule has 0 heterocycles. The zero-order valence-corrected chi connectivity index (χ0v) is 6.66. The number of carbonyl (C=O) groups is 1. The number of nitrogens with two attached hydrogens (primary N) is 1. The summed E-state index contributed by atoms with van der Waals surface area (Å²) in [7, 11) is 0. The molecule has 0 saturated heterocycles. The monoisotopic (exact) mass is 177 g/mol. The number of primary amides is 1. The number of amides is 1. The number of halogens is 1. The first-order valence-electron chi connectivity index (χ1n) is 3.86. The van der Waals surface area contributed by atoms with Gasteiger partial charge < -0.3 is 15.2 Å². The van der Waals surface area contributed by atoms with Gasteiger partial charge in [-0.1, -0.05) is 0 Å². The summed E-state index contributed by atoms with van der Waals surface area (Å²) in [5.74, 6) is 0. The molecule has 0 atom stereocenters. The molecule has 5 heteroatoms. The molecule has 1 saturated carbocycles. The third kappa shape index (κ3) is 2.65. The van der Waals surface area contributed by atoms with Crippen molar-refractivity contribution in [3.63, 3.8) is 0 Å². The minimum Gasteiger partial charge on any atom is -0.446 e. The number of rotatable bonds is 4. The van der Waals surface area contributed by atoms with Crippen LogP contribution in [0.25, 0.3) is 0 Å². The van der Waals surface area contributed by atoms with Crippen molar-refractivity contribution in [3.8, 4) is 0 Å². The Morgan fingerprint density at radius 2 is 2.17 bits per heavy atom. The van der Waals surface area contributed by atoms with E-state index in [1.165, 1.54) is 0 Å². The standard InChI is InChI=1S/C7H12FNO3/c8-1-2-11-5-3-6(4-5)12-7(9)10/h5-6H,1-4H2,(H2,9,10). The van der Waals surface area contributed by atoms with Crippen molar-refractivity contribution in [2.24, 2.45) is 5.73 Å². The fraction of sp³-hybridized carbons (Fsp3) is 0.857. The van der Waals surface area contributed by atoms with E-state index in [-0.39, 0.29) is 18.8 Å². The smallest absolute Gasteiger partial charge is 0.404 e. The van der Waals surface area contributed by atoms with Crippen LogP contribution < -0.4 is 5.73 Å². The van der Waals surface area contributed by atoms with Gasteiger partial charge in [0.1, 0.15) is 12.8 Å². The fourth-order valence-corrected chi connectivity index (χ4v) is 1.13. The number of ether oxygens (including phenoxy) is 2. The zero-order chi connectivity index (χ0) is 8.97. The van der Waals surface area contributed by atoms with Crippen LogP contribution in [0.2, 0.25) is 0 Å². The molecule has 2 N–H and O–H groups in total. The summed E-state index contributed by atoms with van der Waals surface area (Å²) in [6.07, 6.45) is 0.396. The third-order valence-electron chi connectivity index (χ3n) is 1.77. The topological polar surface area (TPSA) is 61.6 Å². The van der Waals surface area contributed by atoms with Crippen molar-refractivity contribution < 1.29 is 18.7 Å². The van der Waals surface area contributed by atoms with Crippen LogP contribution in [0.4, 0.5) is 9.18 Å². The molecule has 0 unspecified atom stereocenters. The van der Waals surface area contributed by atoms with Crippen LogP contribution in [0.3, 0.4) is 0 Å². The molecule has 1 rings (SSSR count). The predicted molar refractivity (Wildman–Crippen MR) is 39.4 cm³/mol. The minimum atomic E-state index is -0.760.